The van der Waals surface area contributed by atoms with E-state index in [-0.39, 0.29) is 10.6 Å². The zero-order valence-corrected chi connectivity index (χ0v) is 9.72. The minimum atomic E-state index is -0.388. The molecule has 2 rings (SSSR count). The van der Waals surface area contributed by atoms with Crippen molar-refractivity contribution in [2.24, 2.45) is 5.92 Å². The molecule has 1 aromatic carbocycles. The third-order valence-electron chi connectivity index (χ3n) is 2.89. The van der Waals surface area contributed by atoms with E-state index in [0.29, 0.717) is 30.4 Å². The molecule has 1 aromatic rings. The zero-order chi connectivity index (χ0) is 12.3. The number of ether oxygens (including phenoxy) is 2. The molecule has 0 amide bonds. The number of rotatable bonds is 4. The molecule has 0 N–H and O–H groups in total. The van der Waals surface area contributed by atoms with Gasteiger partial charge >= 0.3 is 0 Å². The van der Waals surface area contributed by atoms with Gasteiger partial charge in [-0.15, -0.1) is 0 Å². The van der Waals surface area contributed by atoms with Gasteiger partial charge in [-0.3, -0.25) is 10.1 Å². The topological polar surface area (TPSA) is 61.6 Å². The third-order valence-corrected chi connectivity index (χ3v) is 2.89. The standard InChI is InChI=1S/C12H15NO4/c1-9-2-3-11(6-12(9)13(14)15)17-8-10-4-5-16-7-10/h2-3,6,10H,4-5,7-8H2,1H3/t10-/m1/s1. The van der Waals surface area contributed by atoms with Crippen molar-refractivity contribution in [2.75, 3.05) is 19.8 Å². The molecule has 1 fully saturated rings. The van der Waals surface area contributed by atoms with Gasteiger partial charge in [0.2, 0.25) is 0 Å². The molecule has 5 nitrogen and oxygen atoms in total. The smallest absolute Gasteiger partial charge is 0.275 e. The van der Waals surface area contributed by atoms with Crippen LogP contribution in [0.25, 0.3) is 0 Å². The Hall–Kier alpha value is -1.62. The summed E-state index contributed by atoms with van der Waals surface area (Å²) >= 11 is 0. The molecule has 92 valence electrons. The van der Waals surface area contributed by atoms with Crippen LogP contribution in [-0.4, -0.2) is 24.7 Å². The van der Waals surface area contributed by atoms with E-state index in [4.69, 9.17) is 9.47 Å². The van der Waals surface area contributed by atoms with Crippen molar-refractivity contribution in [2.45, 2.75) is 13.3 Å². The van der Waals surface area contributed by atoms with E-state index >= 15 is 0 Å². The van der Waals surface area contributed by atoms with Crippen molar-refractivity contribution in [1.29, 1.82) is 0 Å². The van der Waals surface area contributed by atoms with Crippen molar-refractivity contribution < 1.29 is 14.4 Å². The number of aryl methyl sites for hydroxylation is 1. The zero-order valence-electron chi connectivity index (χ0n) is 9.72. The lowest BCUT2D eigenvalue weighted by Gasteiger charge is -2.10. The summed E-state index contributed by atoms with van der Waals surface area (Å²) in [6.07, 6.45) is 0.994. The van der Waals surface area contributed by atoms with E-state index < -0.39 is 0 Å². The first-order valence-electron chi connectivity index (χ1n) is 5.62. The highest BCUT2D eigenvalue weighted by atomic mass is 16.6. The fraction of sp³-hybridized carbons (Fsp3) is 0.500. The van der Waals surface area contributed by atoms with Crippen LogP contribution in [0, 0.1) is 23.0 Å². The van der Waals surface area contributed by atoms with Crippen LogP contribution >= 0.6 is 0 Å². The van der Waals surface area contributed by atoms with Crippen molar-refractivity contribution in [3.05, 3.63) is 33.9 Å². The lowest BCUT2D eigenvalue weighted by Crippen LogP contribution is -2.11. The van der Waals surface area contributed by atoms with Crippen LogP contribution in [0.1, 0.15) is 12.0 Å². The fourth-order valence-electron chi connectivity index (χ4n) is 1.80. The number of hydrogen-bond donors (Lipinski definition) is 0. The molecule has 1 atom stereocenters. The molecule has 17 heavy (non-hydrogen) atoms. The molecule has 0 bridgehead atoms. The van der Waals surface area contributed by atoms with E-state index in [1.54, 1.807) is 19.1 Å². The minimum Gasteiger partial charge on any atom is -0.493 e. The lowest BCUT2D eigenvalue weighted by molar-refractivity contribution is -0.385. The van der Waals surface area contributed by atoms with Crippen LogP contribution in [0.5, 0.6) is 5.75 Å². The maximum Gasteiger partial charge on any atom is 0.275 e. The third kappa shape index (κ3) is 2.94. The Morgan fingerprint density at radius 1 is 1.59 bits per heavy atom. The number of nitro benzene ring substituents is 1. The molecule has 0 aliphatic carbocycles. The first kappa shape index (κ1) is 11.9. The van der Waals surface area contributed by atoms with Crippen molar-refractivity contribution in [3.8, 4) is 5.75 Å². The summed E-state index contributed by atoms with van der Waals surface area (Å²) < 4.78 is 10.8. The van der Waals surface area contributed by atoms with Crippen LogP contribution in [0.4, 0.5) is 5.69 Å². The Bertz CT molecular complexity index is 413. The summed E-state index contributed by atoms with van der Waals surface area (Å²) in [5, 5.41) is 10.8. The highest BCUT2D eigenvalue weighted by molar-refractivity contribution is 5.45. The van der Waals surface area contributed by atoms with Crippen molar-refractivity contribution in [1.82, 2.24) is 0 Å². The van der Waals surface area contributed by atoms with Gasteiger partial charge in [-0.05, 0) is 25.5 Å². The van der Waals surface area contributed by atoms with Crippen LogP contribution in [0.15, 0.2) is 18.2 Å². The van der Waals surface area contributed by atoms with E-state index in [1.165, 1.54) is 6.07 Å². The first-order valence-corrected chi connectivity index (χ1v) is 5.62. The van der Waals surface area contributed by atoms with Gasteiger partial charge in [0, 0.05) is 18.1 Å². The number of benzene rings is 1. The average Bonchev–Trinajstić information content (AvgIpc) is 2.80. The van der Waals surface area contributed by atoms with Crippen LogP contribution in [-0.2, 0) is 4.74 Å². The predicted octanol–water partition coefficient (Wildman–Crippen LogP) is 2.32. The Kier molecular flexibility index (Phi) is 3.58. The van der Waals surface area contributed by atoms with Crippen molar-refractivity contribution >= 4 is 5.69 Å². The Morgan fingerprint density at radius 3 is 3.06 bits per heavy atom. The van der Waals surface area contributed by atoms with E-state index in [1.807, 2.05) is 0 Å². The summed E-state index contributed by atoms with van der Waals surface area (Å²) in [6.45, 7) is 3.77. The molecule has 0 saturated carbocycles. The van der Waals surface area contributed by atoms with E-state index in [9.17, 15) is 10.1 Å². The summed E-state index contributed by atoms with van der Waals surface area (Å²) in [7, 11) is 0. The molecular formula is C12H15NO4. The summed E-state index contributed by atoms with van der Waals surface area (Å²) in [5.74, 6) is 0.949. The van der Waals surface area contributed by atoms with Crippen molar-refractivity contribution in [3.63, 3.8) is 0 Å². The predicted molar refractivity (Wildman–Crippen MR) is 62.3 cm³/mol. The quantitative estimate of drug-likeness (QED) is 0.595. The second-order valence-electron chi connectivity index (χ2n) is 4.25. The van der Waals surface area contributed by atoms with E-state index in [2.05, 4.69) is 0 Å². The van der Waals surface area contributed by atoms with Gasteiger partial charge in [0.15, 0.2) is 0 Å². The largest absolute Gasteiger partial charge is 0.493 e. The van der Waals surface area contributed by atoms with Gasteiger partial charge in [0.25, 0.3) is 5.69 Å². The van der Waals surface area contributed by atoms with Gasteiger partial charge in [-0.1, -0.05) is 0 Å². The van der Waals surface area contributed by atoms with Gasteiger partial charge in [0.05, 0.1) is 24.2 Å². The SMILES string of the molecule is Cc1ccc(OC[C@@H]2CCOC2)cc1[N+](=O)[O-]. The number of nitrogens with zero attached hydrogens (tertiary/aromatic N) is 1. The second-order valence-corrected chi connectivity index (χ2v) is 4.25. The summed E-state index contributed by atoms with van der Waals surface area (Å²) in [6, 6.07) is 4.95. The first-order chi connectivity index (χ1) is 8.16. The van der Waals surface area contributed by atoms with Gasteiger partial charge in [-0.2, -0.15) is 0 Å². The summed E-state index contributed by atoms with van der Waals surface area (Å²) in [5.41, 5.74) is 0.747. The van der Waals surface area contributed by atoms with Gasteiger partial charge in [-0.25, -0.2) is 0 Å². The molecule has 5 heteroatoms. The van der Waals surface area contributed by atoms with Gasteiger partial charge in [0.1, 0.15) is 5.75 Å². The molecule has 0 spiro atoms. The van der Waals surface area contributed by atoms with Crippen LogP contribution in [0.2, 0.25) is 0 Å². The lowest BCUT2D eigenvalue weighted by atomic mass is 10.1. The average molecular weight is 237 g/mol. The Morgan fingerprint density at radius 2 is 2.41 bits per heavy atom. The molecule has 1 heterocycles. The van der Waals surface area contributed by atoms with E-state index in [0.717, 1.165) is 13.0 Å². The van der Waals surface area contributed by atoms with Gasteiger partial charge < -0.3 is 9.47 Å². The minimum absolute atomic E-state index is 0.102. The maximum atomic E-state index is 10.8. The fourth-order valence-corrected chi connectivity index (χ4v) is 1.80. The van der Waals surface area contributed by atoms with Crippen LogP contribution in [0.3, 0.4) is 0 Å². The highest BCUT2D eigenvalue weighted by Crippen LogP contribution is 2.24. The Labute approximate surface area is 99.5 Å². The molecule has 0 aromatic heterocycles. The molecule has 1 aliphatic heterocycles. The molecule has 0 radical (unpaired) electrons. The Balaban J connectivity index is 2.00. The maximum absolute atomic E-state index is 10.8. The number of hydrogen-bond acceptors (Lipinski definition) is 4. The monoisotopic (exact) mass is 237 g/mol. The second kappa shape index (κ2) is 5.14. The molecule has 1 saturated heterocycles. The molecule has 0 unspecified atom stereocenters. The molecule has 1 aliphatic rings. The highest BCUT2D eigenvalue weighted by Gasteiger charge is 2.17. The normalized spacial score (nSPS) is 19.2. The van der Waals surface area contributed by atoms with Crippen LogP contribution < -0.4 is 4.74 Å². The number of nitro groups is 1. The molecular weight excluding hydrogens is 222 g/mol. The summed E-state index contributed by atoms with van der Waals surface area (Å²) in [4.78, 5) is 10.4.